The Kier molecular flexibility index (Phi) is 5.71. The third-order valence-electron chi connectivity index (χ3n) is 5.66. The van der Waals surface area contributed by atoms with Crippen LogP contribution in [-0.4, -0.2) is 41.8 Å². The van der Waals surface area contributed by atoms with Crippen molar-refractivity contribution in [1.29, 1.82) is 0 Å². The molecular formula is C25H25N3O3. The van der Waals surface area contributed by atoms with Crippen LogP contribution in [0.25, 0.3) is 10.8 Å². The van der Waals surface area contributed by atoms with E-state index in [1.807, 2.05) is 67.6 Å². The lowest BCUT2D eigenvalue weighted by atomic mass is 10.1. The second-order valence-corrected chi connectivity index (χ2v) is 7.65. The average molecular weight is 415 g/mol. The molecule has 31 heavy (non-hydrogen) atoms. The predicted octanol–water partition coefficient (Wildman–Crippen LogP) is 3.35. The number of nitrogens with one attached hydrogen (secondary N) is 1. The van der Waals surface area contributed by atoms with E-state index in [1.54, 1.807) is 13.0 Å². The molecule has 0 radical (unpaired) electrons. The molecule has 1 aliphatic rings. The maximum Gasteiger partial charge on any atom is 0.259 e. The number of carbonyl (C=O) groups is 3. The number of likely N-dealkylation sites (N-methyl/N-ethyl adjacent to an activating group) is 1. The fourth-order valence-corrected chi connectivity index (χ4v) is 4.05. The molecule has 1 aliphatic heterocycles. The third kappa shape index (κ3) is 3.89. The van der Waals surface area contributed by atoms with Crippen LogP contribution in [0.15, 0.2) is 66.7 Å². The third-order valence-corrected chi connectivity index (χ3v) is 5.66. The summed E-state index contributed by atoms with van der Waals surface area (Å²) >= 11 is 0. The van der Waals surface area contributed by atoms with E-state index in [0.717, 1.165) is 22.0 Å². The van der Waals surface area contributed by atoms with Gasteiger partial charge < -0.3 is 10.2 Å². The largest absolute Gasteiger partial charge is 0.355 e. The summed E-state index contributed by atoms with van der Waals surface area (Å²) in [4.78, 5) is 42.1. The normalized spacial score (nSPS) is 13.4. The standard InChI is InChI=1S/C25H25N3O3/c1-3-26-24(30)17(2)27(15-18-9-5-4-6-10-18)22(29)16-28-21-14-8-12-19-11-7-13-20(23(19)21)25(28)31/h4-14,17H,3,15-16H2,1-2H3,(H,26,30). The van der Waals surface area contributed by atoms with Gasteiger partial charge >= 0.3 is 0 Å². The highest BCUT2D eigenvalue weighted by Crippen LogP contribution is 2.37. The Morgan fingerprint density at radius 2 is 1.71 bits per heavy atom. The van der Waals surface area contributed by atoms with Crippen LogP contribution in [0.1, 0.15) is 29.8 Å². The number of benzene rings is 3. The van der Waals surface area contributed by atoms with Gasteiger partial charge in [0.2, 0.25) is 11.8 Å². The monoisotopic (exact) mass is 415 g/mol. The topological polar surface area (TPSA) is 69.7 Å². The van der Waals surface area contributed by atoms with E-state index in [1.165, 1.54) is 9.80 Å². The predicted molar refractivity (Wildman–Crippen MR) is 121 cm³/mol. The minimum atomic E-state index is -0.663. The van der Waals surface area contributed by atoms with Crippen molar-refractivity contribution in [3.05, 3.63) is 77.9 Å². The Hall–Kier alpha value is -3.67. The maximum atomic E-state index is 13.4. The number of nitrogens with zero attached hydrogens (tertiary/aromatic N) is 2. The molecule has 6 heteroatoms. The van der Waals surface area contributed by atoms with Gasteiger partial charge in [0, 0.05) is 24.0 Å². The number of amides is 3. The summed E-state index contributed by atoms with van der Waals surface area (Å²) in [6.45, 7) is 4.21. The first-order chi connectivity index (χ1) is 15.0. The zero-order valence-corrected chi connectivity index (χ0v) is 17.7. The molecule has 1 N–H and O–H groups in total. The zero-order chi connectivity index (χ0) is 22.0. The van der Waals surface area contributed by atoms with E-state index in [0.29, 0.717) is 12.1 Å². The number of hydrogen-bond acceptors (Lipinski definition) is 3. The fraction of sp³-hybridized carbons (Fsp3) is 0.240. The summed E-state index contributed by atoms with van der Waals surface area (Å²) in [5.41, 5.74) is 2.26. The minimum Gasteiger partial charge on any atom is -0.355 e. The van der Waals surface area contributed by atoms with Crippen molar-refractivity contribution in [2.45, 2.75) is 26.4 Å². The number of anilines is 1. The molecule has 6 nitrogen and oxygen atoms in total. The van der Waals surface area contributed by atoms with E-state index in [-0.39, 0.29) is 30.8 Å². The molecule has 0 saturated carbocycles. The molecule has 1 unspecified atom stereocenters. The van der Waals surface area contributed by atoms with Crippen LogP contribution in [0.5, 0.6) is 0 Å². The zero-order valence-electron chi connectivity index (χ0n) is 17.7. The smallest absolute Gasteiger partial charge is 0.259 e. The Labute approximate surface area is 181 Å². The van der Waals surface area contributed by atoms with Crippen molar-refractivity contribution in [3.63, 3.8) is 0 Å². The molecule has 0 bridgehead atoms. The van der Waals surface area contributed by atoms with Crippen LogP contribution < -0.4 is 10.2 Å². The number of rotatable bonds is 7. The molecule has 3 amide bonds. The molecule has 3 aromatic carbocycles. The summed E-state index contributed by atoms with van der Waals surface area (Å²) in [6, 6.07) is 20.2. The van der Waals surface area contributed by atoms with Crippen LogP contribution in [0.3, 0.4) is 0 Å². The van der Waals surface area contributed by atoms with Gasteiger partial charge in [0.25, 0.3) is 5.91 Å². The van der Waals surface area contributed by atoms with Gasteiger partial charge in [0.1, 0.15) is 12.6 Å². The first-order valence-electron chi connectivity index (χ1n) is 10.5. The van der Waals surface area contributed by atoms with Crippen molar-refractivity contribution in [2.75, 3.05) is 18.0 Å². The molecule has 0 aromatic heterocycles. The Morgan fingerprint density at radius 1 is 1.00 bits per heavy atom. The average Bonchev–Trinajstić information content (AvgIpc) is 3.06. The van der Waals surface area contributed by atoms with Crippen LogP contribution in [0.4, 0.5) is 5.69 Å². The molecule has 1 heterocycles. The van der Waals surface area contributed by atoms with E-state index in [2.05, 4.69) is 5.32 Å². The number of hydrogen-bond donors (Lipinski definition) is 1. The van der Waals surface area contributed by atoms with Gasteiger partial charge in [0.05, 0.1) is 5.69 Å². The van der Waals surface area contributed by atoms with Gasteiger partial charge in [-0.2, -0.15) is 0 Å². The molecule has 0 aliphatic carbocycles. The molecule has 0 saturated heterocycles. The lowest BCUT2D eigenvalue weighted by Gasteiger charge is -2.30. The second-order valence-electron chi connectivity index (χ2n) is 7.65. The van der Waals surface area contributed by atoms with E-state index in [9.17, 15) is 14.4 Å². The quantitative estimate of drug-likeness (QED) is 0.643. The first-order valence-corrected chi connectivity index (χ1v) is 10.5. The summed E-state index contributed by atoms with van der Waals surface area (Å²) in [5, 5.41) is 4.62. The Morgan fingerprint density at radius 3 is 2.42 bits per heavy atom. The molecule has 1 atom stereocenters. The van der Waals surface area contributed by atoms with Crippen LogP contribution in [0.2, 0.25) is 0 Å². The van der Waals surface area contributed by atoms with Gasteiger partial charge in [-0.05, 0) is 36.9 Å². The SMILES string of the molecule is CCNC(=O)C(C)N(Cc1ccccc1)C(=O)CN1C(=O)c2cccc3cccc1c23. The lowest BCUT2D eigenvalue weighted by molar-refractivity contribution is -0.139. The minimum absolute atomic E-state index is 0.122. The molecular weight excluding hydrogens is 390 g/mol. The van der Waals surface area contributed by atoms with Crippen LogP contribution in [0, 0.1) is 0 Å². The highest BCUT2D eigenvalue weighted by atomic mass is 16.2. The van der Waals surface area contributed by atoms with Crippen molar-refractivity contribution < 1.29 is 14.4 Å². The number of carbonyl (C=O) groups excluding carboxylic acids is 3. The van der Waals surface area contributed by atoms with Crippen LogP contribution in [-0.2, 0) is 16.1 Å². The van der Waals surface area contributed by atoms with Gasteiger partial charge in [-0.15, -0.1) is 0 Å². The summed E-state index contributed by atoms with van der Waals surface area (Å²) < 4.78 is 0. The Bertz CT molecular complexity index is 1140. The Balaban J connectivity index is 1.62. The van der Waals surface area contributed by atoms with Gasteiger partial charge in [-0.25, -0.2) is 0 Å². The van der Waals surface area contributed by atoms with Crippen molar-refractivity contribution in [3.8, 4) is 0 Å². The van der Waals surface area contributed by atoms with Gasteiger partial charge in [0.15, 0.2) is 0 Å². The summed E-state index contributed by atoms with van der Waals surface area (Å²) in [6.07, 6.45) is 0. The first kappa shape index (κ1) is 20.6. The maximum absolute atomic E-state index is 13.4. The molecule has 4 rings (SSSR count). The van der Waals surface area contributed by atoms with Gasteiger partial charge in [-0.1, -0.05) is 54.6 Å². The van der Waals surface area contributed by atoms with E-state index >= 15 is 0 Å². The molecule has 158 valence electrons. The van der Waals surface area contributed by atoms with Gasteiger partial charge in [-0.3, -0.25) is 19.3 Å². The highest BCUT2D eigenvalue weighted by molar-refractivity contribution is 6.26. The van der Waals surface area contributed by atoms with Crippen molar-refractivity contribution in [2.24, 2.45) is 0 Å². The fourth-order valence-electron chi connectivity index (χ4n) is 4.05. The molecule has 0 fully saturated rings. The molecule has 0 spiro atoms. The van der Waals surface area contributed by atoms with Crippen molar-refractivity contribution in [1.82, 2.24) is 10.2 Å². The second kappa shape index (κ2) is 8.60. The highest BCUT2D eigenvalue weighted by Gasteiger charge is 2.34. The van der Waals surface area contributed by atoms with Crippen LogP contribution >= 0.6 is 0 Å². The summed E-state index contributed by atoms with van der Waals surface area (Å²) in [7, 11) is 0. The molecule has 3 aromatic rings. The summed E-state index contributed by atoms with van der Waals surface area (Å²) in [5.74, 6) is -0.684. The lowest BCUT2D eigenvalue weighted by Crippen LogP contribution is -2.50. The van der Waals surface area contributed by atoms with E-state index in [4.69, 9.17) is 0 Å². The van der Waals surface area contributed by atoms with E-state index < -0.39 is 6.04 Å². The van der Waals surface area contributed by atoms with Crippen molar-refractivity contribution >= 4 is 34.2 Å².